The Morgan fingerprint density at radius 1 is 1.30 bits per heavy atom. The third kappa shape index (κ3) is 3.78. The zero-order valence-corrected chi connectivity index (χ0v) is 13.9. The number of aliphatic imine (C=N–C) groups is 1. The Hall–Kier alpha value is -1.75. The van der Waals surface area contributed by atoms with Gasteiger partial charge in [0.1, 0.15) is 5.75 Å². The molecule has 1 aromatic carbocycles. The average Bonchev–Trinajstić information content (AvgIpc) is 2.61. The number of nitrogens with one attached hydrogen (secondary N) is 1. The van der Waals surface area contributed by atoms with Gasteiger partial charge in [0.05, 0.1) is 12.6 Å². The van der Waals surface area contributed by atoms with Crippen molar-refractivity contribution in [1.82, 2.24) is 5.32 Å². The summed E-state index contributed by atoms with van der Waals surface area (Å²) in [5.74, 6) is 1.48. The lowest BCUT2D eigenvalue weighted by molar-refractivity contribution is 0.0173. The molecule has 126 valence electrons. The van der Waals surface area contributed by atoms with Crippen molar-refractivity contribution in [2.24, 2.45) is 16.1 Å². The van der Waals surface area contributed by atoms with Crippen LogP contribution >= 0.6 is 0 Å². The van der Waals surface area contributed by atoms with E-state index in [2.05, 4.69) is 23.3 Å². The molecule has 2 aliphatic rings. The first-order valence-electron chi connectivity index (χ1n) is 8.58. The van der Waals surface area contributed by atoms with E-state index < -0.39 is 0 Å². The highest BCUT2D eigenvalue weighted by atomic mass is 16.5. The zero-order chi connectivity index (χ0) is 16.1. The van der Waals surface area contributed by atoms with Crippen molar-refractivity contribution >= 4 is 5.96 Å². The van der Waals surface area contributed by atoms with Crippen LogP contribution in [0.3, 0.4) is 0 Å². The second-order valence-electron chi connectivity index (χ2n) is 6.54. The summed E-state index contributed by atoms with van der Waals surface area (Å²) >= 11 is 0. The van der Waals surface area contributed by atoms with Crippen molar-refractivity contribution in [3.63, 3.8) is 0 Å². The number of hydrogen-bond acceptors (Lipinski definition) is 3. The average molecular weight is 317 g/mol. The first-order valence-corrected chi connectivity index (χ1v) is 8.58. The van der Waals surface area contributed by atoms with Crippen molar-refractivity contribution in [2.75, 3.05) is 26.4 Å². The van der Waals surface area contributed by atoms with Gasteiger partial charge < -0.3 is 20.5 Å². The minimum absolute atomic E-state index is 0.177. The van der Waals surface area contributed by atoms with Gasteiger partial charge >= 0.3 is 0 Å². The Balaban J connectivity index is 1.64. The van der Waals surface area contributed by atoms with Crippen molar-refractivity contribution in [2.45, 2.75) is 38.6 Å². The van der Waals surface area contributed by atoms with E-state index in [0.717, 1.165) is 56.8 Å². The second-order valence-corrected chi connectivity index (χ2v) is 6.54. The molecule has 5 nitrogen and oxygen atoms in total. The number of nitrogens with two attached hydrogens (primary N) is 1. The Morgan fingerprint density at radius 2 is 2.09 bits per heavy atom. The topological polar surface area (TPSA) is 68.9 Å². The van der Waals surface area contributed by atoms with Gasteiger partial charge in [0, 0.05) is 31.7 Å². The Morgan fingerprint density at radius 3 is 2.87 bits per heavy atom. The number of benzene rings is 1. The highest BCUT2D eigenvalue weighted by Crippen LogP contribution is 2.34. The van der Waals surface area contributed by atoms with Crippen LogP contribution in [0.2, 0.25) is 0 Å². The number of rotatable bonds is 4. The lowest BCUT2D eigenvalue weighted by Gasteiger charge is -2.35. The lowest BCUT2D eigenvalue weighted by atomic mass is 9.78. The molecule has 2 heterocycles. The Kier molecular flexibility index (Phi) is 5.06. The monoisotopic (exact) mass is 317 g/mol. The number of guanidine groups is 1. The first-order chi connectivity index (χ1) is 11.2. The van der Waals surface area contributed by atoms with Crippen LogP contribution in [-0.4, -0.2) is 32.3 Å². The number of nitrogens with zero attached hydrogens (tertiary/aromatic N) is 1. The van der Waals surface area contributed by atoms with Crippen LogP contribution in [0.4, 0.5) is 0 Å². The van der Waals surface area contributed by atoms with Gasteiger partial charge in [-0.3, -0.25) is 4.99 Å². The minimum atomic E-state index is 0.177. The Labute approximate surface area is 138 Å². The number of para-hydroxylation sites is 1. The molecule has 23 heavy (non-hydrogen) atoms. The molecule has 3 rings (SSSR count). The van der Waals surface area contributed by atoms with Gasteiger partial charge in [0.15, 0.2) is 5.96 Å². The molecule has 1 aromatic rings. The van der Waals surface area contributed by atoms with Crippen LogP contribution in [0.25, 0.3) is 0 Å². The third-order valence-corrected chi connectivity index (χ3v) is 5.17. The van der Waals surface area contributed by atoms with Gasteiger partial charge in [0.2, 0.25) is 0 Å². The van der Waals surface area contributed by atoms with Crippen LogP contribution < -0.4 is 15.8 Å². The Bertz CT molecular complexity index is 553. The highest BCUT2D eigenvalue weighted by molar-refractivity contribution is 5.78. The maximum absolute atomic E-state index is 6.16. The maximum atomic E-state index is 6.16. The highest BCUT2D eigenvalue weighted by Gasteiger charge is 2.30. The van der Waals surface area contributed by atoms with Crippen LogP contribution in [0.5, 0.6) is 5.75 Å². The standard InChI is InChI=1S/C18H27N3O2/c1-2-18(8-11-22-12-9-18)13-20-17(19)21-15-7-10-23-16-6-4-3-5-14(15)16/h3-6,15H,2,7-13H2,1H3,(H3,19,20,21). The molecule has 2 aliphatic heterocycles. The summed E-state index contributed by atoms with van der Waals surface area (Å²) in [4.78, 5) is 4.64. The largest absolute Gasteiger partial charge is 0.493 e. The summed E-state index contributed by atoms with van der Waals surface area (Å²) in [7, 11) is 0. The smallest absolute Gasteiger partial charge is 0.189 e. The zero-order valence-electron chi connectivity index (χ0n) is 13.9. The molecule has 0 amide bonds. The summed E-state index contributed by atoms with van der Waals surface area (Å²) in [6.07, 6.45) is 4.16. The summed E-state index contributed by atoms with van der Waals surface area (Å²) in [6, 6.07) is 8.30. The maximum Gasteiger partial charge on any atom is 0.189 e. The SMILES string of the molecule is CCC1(CN=C(N)NC2CCOc3ccccc32)CCOCC1. The van der Waals surface area contributed by atoms with E-state index in [0.29, 0.717) is 12.6 Å². The molecule has 5 heteroatoms. The molecule has 3 N–H and O–H groups in total. The van der Waals surface area contributed by atoms with Crippen molar-refractivity contribution < 1.29 is 9.47 Å². The number of hydrogen-bond donors (Lipinski definition) is 2. The number of fused-ring (bicyclic) bond motifs is 1. The molecular weight excluding hydrogens is 290 g/mol. The van der Waals surface area contributed by atoms with E-state index in [-0.39, 0.29) is 11.5 Å². The summed E-state index contributed by atoms with van der Waals surface area (Å²) in [6.45, 7) is 5.39. The molecule has 0 spiro atoms. The van der Waals surface area contributed by atoms with E-state index in [4.69, 9.17) is 15.2 Å². The second kappa shape index (κ2) is 7.21. The van der Waals surface area contributed by atoms with Crippen molar-refractivity contribution in [3.8, 4) is 5.75 Å². The molecule has 0 aliphatic carbocycles. The quantitative estimate of drug-likeness (QED) is 0.661. The number of ether oxygens (including phenoxy) is 2. The molecular formula is C18H27N3O2. The van der Waals surface area contributed by atoms with E-state index in [1.807, 2.05) is 18.2 Å². The molecule has 0 radical (unpaired) electrons. The molecule has 1 fully saturated rings. The first kappa shape index (κ1) is 16.1. The van der Waals surface area contributed by atoms with Crippen LogP contribution in [0.1, 0.15) is 44.2 Å². The summed E-state index contributed by atoms with van der Waals surface area (Å²) < 4.78 is 11.2. The van der Waals surface area contributed by atoms with Gasteiger partial charge in [0.25, 0.3) is 0 Å². The predicted molar refractivity (Wildman–Crippen MR) is 91.7 cm³/mol. The molecule has 1 atom stereocenters. The molecule has 0 saturated carbocycles. The fourth-order valence-corrected chi connectivity index (χ4v) is 3.40. The predicted octanol–water partition coefficient (Wildman–Crippen LogP) is 2.62. The summed E-state index contributed by atoms with van der Waals surface area (Å²) in [5, 5.41) is 3.37. The van der Waals surface area contributed by atoms with Gasteiger partial charge in [-0.25, -0.2) is 0 Å². The van der Waals surface area contributed by atoms with Gasteiger partial charge in [-0.2, -0.15) is 0 Å². The minimum Gasteiger partial charge on any atom is -0.493 e. The summed E-state index contributed by atoms with van der Waals surface area (Å²) in [5.41, 5.74) is 7.57. The van der Waals surface area contributed by atoms with E-state index in [9.17, 15) is 0 Å². The molecule has 1 unspecified atom stereocenters. The normalized spacial score (nSPS) is 23.7. The van der Waals surface area contributed by atoms with E-state index in [1.165, 1.54) is 0 Å². The van der Waals surface area contributed by atoms with Crippen LogP contribution in [0.15, 0.2) is 29.3 Å². The fraction of sp³-hybridized carbons (Fsp3) is 0.611. The van der Waals surface area contributed by atoms with Gasteiger partial charge in [-0.1, -0.05) is 25.1 Å². The van der Waals surface area contributed by atoms with Crippen LogP contribution in [-0.2, 0) is 4.74 Å². The third-order valence-electron chi connectivity index (χ3n) is 5.17. The van der Waals surface area contributed by atoms with Gasteiger partial charge in [-0.05, 0) is 30.7 Å². The van der Waals surface area contributed by atoms with E-state index in [1.54, 1.807) is 0 Å². The van der Waals surface area contributed by atoms with Crippen LogP contribution in [0, 0.1) is 5.41 Å². The molecule has 1 saturated heterocycles. The van der Waals surface area contributed by atoms with Crippen molar-refractivity contribution in [1.29, 1.82) is 0 Å². The van der Waals surface area contributed by atoms with E-state index >= 15 is 0 Å². The van der Waals surface area contributed by atoms with Crippen molar-refractivity contribution in [3.05, 3.63) is 29.8 Å². The molecule has 0 aromatic heterocycles. The fourth-order valence-electron chi connectivity index (χ4n) is 3.40. The molecule has 0 bridgehead atoms. The van der Waals surface area contributed by atoms with Gasteiger partial charge in [-0.15, -0.1) is 0 Å². The lowest BCUT2D eigenvalue weighted by Crippen LogP contribution is -2.39.